The summed E-state index contributed by atoms with van der Waals surface area (Å²) in [6.45, 7) is 3.35. The van der Waals surface area contributed by atoms with Gasteiger partial charge in [0, 0.05) is 37.6 Å². The molecule has 1 amide bonds. The summed E-state index contributed by atoms with van der Waals surface area (Å²) in [5.74, 6) is 0.968. The molecule has 1 aliphatic carbocycles. The molecule has 1 aliphatic heterocycles. The largest absolute Gasteiger partial charge is 0.345 e. The van der Waals surface area contributed by atoms with Gasteiger partial charge in [-0.15, -0.1) is 0 Å². The number of anilines is 1. The zero-order chi connectivity index (χ0) is 17.2. The second kappa shape index (κ2) is 7.50. The maximum atomic E-state index is 12.6. The van der Waals surface area contributed by atoms with Crippen molar-refractivity contribution in [2.24, 2.45) is 5.92 Å². The Morgan fingerprint density at radius 2 is 1.92 bits per heavy atom. The van der Waals surface area contributed by atoms with Gasteiger partial charge < -0.3 is 9.80 Å². The Balaban J connectivity index is 1.34. The highest BCUT2D eigenvalue weighted by molar-refractivity contribution is 7.22. The molecule has 1 saturated carbocycles. The van der Waals surface area contributed by atoms with Crippen LogP contribution in [0.3, 0.4) is 0 Å². The number of rotatable bonds is 3. The van der Waals surface area contributed by atoms with E-state index in [0.29, 0.717) is 11.8 Å². The highest BCUT2D eigenvalue weighted by Gasteiger charge is 2.25. The summed E-state index contributed by atoms with van der Waals surface area (Å²) in [6.07, 6.45) is 7.16. The van der Waals surface area contributed by atoms with Gasteiger partial charge in [0.1, 0.15) is 0 Å². The fourth-order valence-electron chi connectivity index (χ4n) is 3.94. The standard InChI is InChI=1S/C19H24ClN3OS/c20-15-6-7-16-17(13-15)25-19(21-16)23-10-8-22(9-11-23)18(24)12-14-4-2-1-3-5-14/h6-7,13-14H,1-5,8-12H2. The third-order valence-corrected chi connectivity index (χ3v) is 6.74. The Labute approximate surface area is 157 Å². The van der Waals surface area contributed by atoms with E-state index in [4.69, 9.17) is 16.6 Å². The van der Waals surface area contributed by atoms with Crippen LogP contribution in [0.25, 0.3) is 10.2 Å². The molecule has 2 aromatic rings. The Morgan fingerprint density at radius 1 is 1.16 bits per heavy atom. The first-order valence-electron chi connectivity index (χ1n) is 9.28. The maximum Gasteiger partial charge on any atom is 0.222 e. The third kappa shape index (κ3) is 3.93. The fraction of sp³-hybridized carbons (Fsp3) is 0.579. The summed E-state index contributed by atoms with van der Waals surface area (Å²) in [7, 11) is 0. The molecule has 0 bridgehead atoms. The van der Waals surface area contributed by atoms with Crippen LogP contribution in [0.2, 0.25) is 5.02 Å². The van der Waals surface area contributed by atoms with Crippen LogP contribution in [-0.2, 0) is 4.79 Å². The maximum absolute atomic E-state index is 12.6. The Hall–Kier alpha value is -1.33. The summed E-state index contributed by atoms with van der Waals surface area (Å²) in [5, 5.41) is 1.79. The highest BCUT2D eigenvalue weighted by atomic mass is 35.5. The first kappa shape index (κ1) is 17.1. The quantitative estimate of drug-likeness (QED) is 0.786. The van der Waals surface area contributed by atoms with Crippen molar-refractivity contribution >= 4 is 44.2 Å². The van der Waals surface area contributed by atoms with Crippen LogP contribution in [0.5, 0.6) is 0 Å². The molecule has 0 atom stereocenters. The van der Waals surface area contributed by atoms with Crippen molar-refractivity contribution in [1.29, 1.82) is 0 Å². The minimum Gasteiger partial charge on any atom is -0.345 e. The van der Waals surface area contributed by atoms with Crippen molar-refractivity contribution < 1.29 is 4.79 Å². The normalized spacial score (nSPS) is 19.6. The van der Waals surface area contributed by atoms with Gasteiger partial charge in [-0.3, -0.25) is 4.79 Å². The van der Waals surface area contributed by atoms with Crippen molar-refractivity contribution in [3.05, 3.63) is 23.2 Å². The molecule has 2 heterocycles. The highest BCUT2D eigenvalue weighted by Crippen LogP contribution is 2.31. The average molecular weight is 378 g/mol. The van der Waals surface area contributed by atoms with E-state index in [1.54, 1.807) is 11.3 Å². The number of carbonyl (C=O) groups is 1. The SMILES string of the molecule is O=C(CC1CCCCC1)N1CCN(c2nc3ccc(Cl)cc3s2)CC1. The summed E-state index contributed by atoms with van der Waals surface area (Å²) in [6, 6.07) is 5.83. The van der Waals surface area contributed by atoms with Crippen LogP contribution < -0.4 is 4.90 Å². The molecule has 0 unspecified atom stereocenters. The smallest absolute Gasteiger partial charge is 0.222 e. The lowest BCUT2D eigenvalue weighted by atomic mass is 9.86. The van der Waals surface area contributed by atoms with Gasteiger partial charge in [0.2, 0.25) is 5.91 Å². The van der Waals surface area contributed by atoms with Crippen LogP contribution >= 0.6 is 22.9 Å². The zero-order valence-electron chi connectivity index (χ0n) is 14.4. The molecule has 0 spiro atoms. The molecular formula is C19H24ClN3OS. The zero-order valence-corrected chi connectivity index (χ0v) is 16.0. The first-order chi connectivity index (χ1) is 12.2. The molecule has 1 aromatic heterocycles. The van der Waals surface area contributed by atoms with E-state index >= 15 is 0 Å². The number of amides is 1. The lowest BCUT2D eigenvalue weighted by Gasteiger charge is -2.35. The number of halogens is 1. The van der Waals surface area contributed by atoms with Gasteiger partial charge in [-0.1, -0.05) is 42.2 Å². The fourth-order valence-corrected chi connectivity index (χ4v) is 5.23. The van der Waals surface area contributed by atoms with Crippen molar-refractivity contribution in [2.45, 2.75) is 38.5 Å². The molecule has 6 heteroatoms. The lowest BCUT2D eigenvalue weighted by Crippen LogP contribution is -2.49. The number of piperazine rings is 1. The van der Waals surface area contributed by atoms with Gasteiger partial charge in [0.25, 0.3) is 0 Å². The van der Waals surface area contributed by atoms with E-state index in [1.165, 1.54) is 32.1 Å². The minimum absolute atomic E-state index is 0.350. The van der Waals surface area contributed by atoms with E-state index in [9.17, 15) is 4.79 Å². The number of benzene rings is 1. The molecular weight excluding hydrogens is 354 g/mol. The molecule has 134 valence electrons. The van der Waals surface area contributed by atoms with Gasteiger partial charge in [-0.2, -0.15) is 0 Å². The molecule has 0 N–H and O–H groups in total. The van der Waals surface area contributed by atoms with Gasteiger partial charge in [0.05, 0.1) is 10.2 Å². The van der Waals surface area contributed by atoms with Gasteiger partial charge in [-0.25, -0.2) is 4.98 Å². The predicted octanol–water partition coefficient (Wildman–Crippen LogP) is 4.57. The van der Waals surface area contributed by atoms with Crippen LogP contribution in [0, 0.1) is 5.92 Å². The second-order valence-corrected chi connectivity index (χ2v) is 8.63. The molecule has 0 radical (unpaired) electrons. The lowest BCUT2D eigenvalue weighted by molar-refractivity contribution is -0.132. The Bertz CT molecular complexity index is 748. The number of carbonyl (C=O) groups excluding carboxylic acids is 1. The van der Waals surface area contributed by atoms with Crippen LogP contribution in [0.1, 0.15) is 38.5 Å². The topological polar surface area (TPSA) is 36.4 Å². The van der Waals surface area contributed by atoms with Crippen LogP contribution in [0.15, 0.2) is 18.2 Å². The Kier molecular flexibility index (Phi) is 5.13. The molecule has 4 nitrogen and oxygen atoms in total. The molecule has 1 saturated heterocycles. The molecule has 25 heavy (non-hydrogen) atoms. The van der Waals surface area contributed by atoms with E-state index < -0.39 is 0 Å². The number of nitrogens with zero attached hydrogens (tertiary/aromatic N) is 3. The number of thiazole rings is 1. The van der Waals surface area contributed by atoms with Gasteiger partial charge >= 0.3 is 0 Å². The third-order valence-electron chi connectivity index (χ3n) is 5.43. The number of aromatic nitrogens is 1. The van der Waals surface area contributed by atoms with Gasteiger partial charge in [-0.05, 0) is 37.0 Å². The summed E-state index contributed by atoms with van der Waals surface area (Å²) < 4.78 is 1.12. The molecule has 4 rings (SSSR count). The predicted molar refractivity (Wildman–Crippen MR) is 105 cm³/mol. The van der Waals surface area contributed by atoms with E-state index in [1.807, 2.05) is 18.2 Å². The average Bonchev–Trinajstić information content (AvgIpc) is 3.06. The van der Waals surface area contributed by atoms with Gasteiger partial charge in [0.15, 0.2) is 5.13 Å². The first-order valence-corrected chi connectivity index (χ1v) is 10.5. The summed E-state index contributed by atoms with van der Waals surface area (Å²) in [5.41, 5.74) is 1.00. The summed E-state index contributed by atoms with van der Waals surface area (Å²) >= 11 is 7.75. The monoisotopic (exact) mass is 377 g/mol. The van der Waals surface area contributed by atoms with E-state index in [0.717, 1.165) is 53.0 Å². The van der Waals surface area contributed by atoms with Crippen molar-refractivity contribution in [3.8, 4) is 0 Å². The number of fused-ring (bicyclic) bond motifs is 1. The van der Waals surface area contributed by atoms with Crippen LogP contribution in [-0.4, -0.2) is 42.0 Å². The molecule has 2 fully saturated rings. The van der Waals surface area contributed by atoms with Crippen molar-refractivity contribution in [2.75, 3.05) is 31.1 Å². The Morgan fingerprint density at radius 3 is 2.68 bits per heavy atom. The van der Waals surface area contributed by atoms with Crippen LogP contribution in [0.4, 0.5) is 5.13 Å². The molecule has 1 aromatic carbocycles. The van der Waals surface area contributed by atoms with E-state index in [2.05, 4.69) is 9.80 Å². The van der Waals surface area contributed by atoms with Crippen molar-refractivity contribution in [1.82, 2.24) is 9.88 Å². The number of hydrogen-bond donors (Lipinski definition) is 0. The molecule has 2 aliphatic rings. The summed E-state index contributed by atoms with van der Waals surface area (Å²) in [4.78, 5) is 21.6. The van der Waals surface area contributed by atoms with E-state index in [-0.39, 0.29) is 0 Å². The second-order valence-electron chi connectivity index (χ2n) is 7.18. The van der Waals surface area contributed by atoms with Crippen molar-refractivity contribution in [3.63, 3.8) is 0 Å². The minimum atomic E-state index is 0.350. The number of hydrogen-bond acceptors (Lipinski definition) is 4.